The summed E-state index contributed by atoms with van der Waals surface area (Å²) in [4.78, 5) is 20.4. The fourth-order valence-corrected chi connectivity index (χ4v) is 6.35. The van der Waals surface area contributed by atoms with E-state index in [9.17, 15) is 9.90 Å². The van der Waals surface area contributed by atoms with Crippen LogP contribution in [0, 0.1) is 5.92 Å². The lowest BCUT2D eigenvalue weighted by atomic mass is 9.80. The summed E-state index contributed by atoms with van der Waals surface area (Å²) < 4.78 is 2.36. The van der Waals surface area contributed by atoms with Crippen LogP contribution < -0.4 is 0 Å². The molecule has 1 saturated carbocycles. The number of hydrogen-bond donors (Lipinski definition) is 1. The van der Waals surface area contributed by atoms with Gasteiger partial charge in [-0.25, -0.2) is 9.78 Å². The van der Waals surface area contributed by atoms with Gasteiger partial charge >= 0.3 is 6.09 Å². The Morgan fingerprint density at radius 1 is 1.32 bits per heavy atom. The van der Waals surface area contributed by atoms with Crippen LogP contribution in [0.4, 0.5) is 4.79 Å². The molecule has 0 spiro atoms. The van der Waals surface area contributed by atoms with Crippen molar-refractivity contribution in [1.29, 1.82) is 0 Å². The number of likely N-dealkylation sites (tertiary alicyclic amines) is 2. The molecule has 3 fully saturated rings. The molecular formula is C18H20BrN3O2S. The van der Waals surface area contributed by atoms with Crippen LogP contribution in [-0.2, 0) is 0 Å². The van der Waals surface area contributed by atoms with Crippen molar-refractivity contribution in [3.63, 3.8) is 0 Å². The molecule has 1 aliphatic carbocycles. The monoisotopic (exact) mass is 421 g/mol. The van der Waals surface area contributed by atoms with E-state index >= 15 is 0 Å². The standard InChI is InChI=1S/C18H20BrN3O2S/c19-12-1-2-14-16(7-12)25-17(20-14)11-5-13(6-11)21-8-10-3-4-22(18(23)24)15(10)9-21/h1-2,7,10-11,13,15H,3-6,8-9H2,(H,23,24)/t10?,11-,13-,15?. The first kappa shape index (κ1) is 16.0. The number of nitrogens with zero attached hydrogens (tertiary/aromatic N) is 3. The maximum Gasteiger partial charge on any atom is 0.407 e. The Kier molecular flexibility index (Phi) is 3.80. The zero-order valence-corrected chi connectivity index (χ0v) is 16.2. The van der Waals surface area contributed by atoms with E-state index in [-0.39, 0.29) is 6.04 Å². The average molecular weight is 422 g/mol. The van der Waals surface area contributed by atoms with Gasteiger partial charge in [-0.3, -0.25) is 4.90 Å². The Bertz CT molecular complexity index is 835. The molecular weight excluding hydrogens is 402 g/mol. The Morgan fingerprint density at radius 2 is 2.16 bits per heavy atom. The fourth-order valence-electron chi connectivity index (χ4n) is 4.71. The lowest BCUT2D eigenvalue weighted by Gasteiger charge is -2.41. The zero-order valence-electron chi connectivity index (χ0n) is 13.8. The topological polar surface area (TPSA) is 56.7 Å². The van der Waals surface area contributed by atoms with E-state index < -0.39 is 6.09 Å². The van der Waals surface area contributed by atoms with Gasteiger partial charge in [0.05, 0.1) is 21.3 Å². The molecule has 5 nitrogen and oxygen atoms in total. The molecule has 2 aliphatic heterocycles. The number of carbonyl (C=O) groups is 1. The highest BCUT2D eigenvalue weighted by atomic mass is 79.9. The van der Waals surface area contributed by atoms with Crippen LogP contribution in [0.3, 0.4) is 0 Å². The number of hydrogen-bond acceptors (Lipinski definition) is 4. The smallest absolute Gasteiger partial charge is 0.407 e. The lowest BCUT2D eigenvalue weighted by Crippen LogP contribution is -2.45. The summed E-state index contributed by atoms with van der Waals surface area (Å²) in [7, 11) is 0. The predicted octanol–water partition coefficient (Wildman–Crippen LogP) is 3.99. The molecule has 1 aromatic heterocycles. The van der Waals surface area contributed by atoms with Crippen molar-refractivity contribution in [1.82, 2.24) is 14.8 Å². The third kappa shape index (κ3) is 2.67. The van der Waals surface area contributed by atoms with Gasteiger partial charge in [-0.1, -0.05) is 15.9 Å². The lowest BCUT2D eigenvalue weighted by molar-refractivity contribution is 0.109. The number of benzene rings is 1. The maximum atomic E-state index is 11.3. The van der Waals surface area contributed by atoms with Crippen LogP contribution in [0.1, 0.15) is 30.2 Å². The van der Waals surface area contributed by atoms with Gasteiger partial charge in [0.2, 0.25) is 0 Å². The molecule has 3 heterocycles. The number of fused-ring (bicyclic) bond motifs is 2. The van der Waals surface area contributed by atoms with Crippen molar-refractivity contribution in [2.24, 2.45) is 5.92 Å². The highest BCUT2D eigenvalue weighted by Crippen LogP contribution is 2.45. The SMILES string of the molecule is O=C(O)N1CCC2CN([C@H]3C[C@H](c4nc5ccc(Br)cc5s4)C3)CC21. The fraction of sp³-hybridized carbons (Fsp3) is 0.556. The zero-order chi connectivity index (χ0) is 17.1. The molecule has 0 radical (unpaired) electrons. The largest absolute Gasteiger partial charge is 0.465 e. The number of halogens is 1. The minimum atomic E-state index is -0.749. The van der Waals surface area contributed by atoms with Crippen molar-refractivity contribution in [2.45, 2.75) is 37.3 Å². The number of rotatable bonds is 2. The van der Waals surface area contributed by atoms with Gasteiger partial charge in [0.1, 0.15) is 0 Å². The van der Waals surface area contributed by atoms with Gasteiger partial charge in [0.15, 0.2) is 0 Å². The Hall–Kier alpha value is -1.18. The molecule has 1 aromatic carbocycles. The molecule has 2 aromatic rings. The second-order valence-electron chi connectivity index (χ2n) is 7.53. The summed E-state index contributed by atoms with van der Waals surface area (Å²) >= 11 is 5.34. The minimum Gasteiger partial charge on any atom is -0.465 e. The first-order valence-corrected chi connectivity index (χ1v) is 10.5. The molecule has 3 aliphatic rings. The first-order chi connectivity index (χ1) is 12.1. The number of carboxylic acid groups (broad SMARTS) is 1. The van der Waals surface area contributed by atoms with Crippen molar-refractivity contribution in [3.05, 3.63) is 27.7 Å². The van der Waals surface area contributed by atoms with Crippen LogP contribution in [0.5, 0.6) is 0 Å². The molecule has 2 atom stereocenters. The van der Waals surface area contributed by atoms with Gasteiger partial charge in [-0.2, -0.15) is 0 Å². The van der Waals surface area contributed by atoms with Crippen molar-refractivity contribution in [3.8, 4) is 0 Å². The third-order valence-electron chi connectivity index (χ3n) is 6.17. The molecule has 1 N–H and O–H groups in total. The Labute approximate surface area is 158 Å². The van der Waals surface area contributed by atoms with E-state index in [0.717, 1.165) is 42.3 Å². The summed E-state index contributed by atoms with van der Waals surface area (Å²) in [6.45, 7) is 2.70. The van der Waals surface area contributed by atoms with E-state index in [2.05, 4.69) is 33.0 Å². The van der Waals surface area contributed by atoms with Gasteiger partial charge in [-0.15, -0.1) is 11.3 Å². The minimum absolute atomic E-state index is 0.219. The van der Waals surface area contributed by atoms with E-state index in [1.165, 1.54) is 9.71 Å². The number of thiazole rings is 1. The predicted molar refractivity (Wildman–Crippen MR) is 101 cm³/mol. The van der Waals surface area contributed by atoms with Crippen LogP contribution in [0.25, 0.3) is 10.2 Å². The molecule has 132 valence electrons. The highest BCUT2D eigenvalue weighted by molar-refractivity contribution is 9.10. The first-order valence-electron chi connectivity index (χ1n) is 8.88. The van der Waals surface area contributed by atoms with Crippen molar-refractivity contribution in [2.75, 3.05) is 19.6 Å². The summed E-state index contributed by atoms with van der Waals surface area (Å²) in [5, 5.41) is 10.6. The van der Waals surface area contributed by atoms with Crippen molar-refractivity contribution < 1.29 is 9.90 Å². The van der Waals surface area contributed by atoms with Crippen LogP contribution in [0.15, 0.2) is 22.7 Å². The Morgan fingerprint density at radius 3 is 2.96 bits per heavy atom. The van der Waals surface area contributed by atoms with E-state index in [4.69, 9.17) is 4.98 Å². The summed E-state index contributed by atoms with van der Waals surface area (Å²) in [5.41, 5.74) is 1.10. The summed E-state index contributed by atoms with van der Waals surface area (Å²) in [6.07, 6.45) is 2.60. The maximum absolute atomic E-state index is 11.3. The van der Waals surface area contributed by atoms with Gasteiger partial charge in [-0.05, 0) is 43.4 Å². The second kappa shape index (κ2) is 5.93. The molecule has 2 saturated heterocycles. The van der Waals surface area contributed by atoms with E-state index in [1.54, 1.807) is 4.90 Å². The molecule has 2 unspecified atom stereocenters. The van der Waals surface area contributed by atoms with Gasteiger partial charge in [0.25, 0.3) is 0 Å². The third-order valence-corrected chi connectivity index (χ3v) is 7.84. The molecule has 25 heavy (non-hydrogen) atoms. The molecule has 1 amide bonds. The second-order valence-corrected chi connectivity index (χ2v) is 9.51. The van der Waals surface area contributed by atoms with Crippen LogP contribution in [0.2, 0.25) is 0 Å². The van der Waals surface area contributed by atoms with Crippen molar-refractivity contribution >= 4 is 43.6 Å². The summed E-state index contributed by atoms with van der Waals surface area (Å²) in [6, 6.07) is 7.10. The van der Waals surface area contributed by atoms with Gasteiger partial charge < -0.3 is 10.0 Å². The molecule has 7 heteroatoms. The van der Waals surface area contributed by atoms with Crippen LogP contribution in [-0.4, -0.2) is 57.7 Å². The van der Waals surface area contributed by atoms with Gasteiger partial charge in [0, 0.05) is 36.1 Å². The highest BCUT2D eigenvalue weighted by Gasteiger charge is 2.47. The quantitative estimate of drug-likeness (QED) is 0.796. The number of aromatic nitrogens is 1. The number of amides is 1. The van der Waals surface area contributed by atoms with E-state index in [0.29, 0.717) is 24.4 Å². The summed E-state index contributed by atoms with van der Waals surface area (Å²) in [5.74, 6) is 1.10. The normalized spacial score (nSPS) is 32.1. The molecule has 5 rings (SSSR count). The van der Waals surface area contributed by atoms with Crippen LogP contribution >= 0.6 is 27.3 Å². The van der Waals surface area contributed by atoms with E-state index in [1.807, 2.05) is 17.4 Å². The molecule has 0 bridgehead atoms. The Balaban J connectivity index is 1.24. The average Bonchev–Trinajstić information content (AvgIpc) is 3.18.